The van der Waals surface area contributed by atoms with Gasteiger partial charge in [0.25, 0.3) is 0 Å². The van der Waals surface area contributed by atoms with E-state index >= 15 is 0 Å². The van der Waals surface area contributed by atoms with Crippen molar-refractivity contribution in [3.05, 3.63) is 53.6 Å². The van der Waals surface area contributed by atoms with Crippen molar-refractivity contribution in [3.8, 4) is 5.75 Å². The van der Waals surface area contributed by atoms with E-state index in [1.165, 1.54) is 5.56 Å². The molecule has 0 spiro atoms. The molecule has 2 aromatic rings. The van der Waals surface area contributed by atoms with Gasteiger partial charge in [-0.05, 0) is 43.7 Å². The summed E-state index contributed by atoms with van der Waals surface area (Å²) in [7, 11) is 0. The van der Waals surface area contributed by atoms with Crippen LogP contribution in [0.1, 0.15) is 11.1 Å². The van der Waals surface area contributed by atoms with Crippen molar-refractivity contribution in [1.29, 1.82) is 0 Å². The minimum atomic E-state index is 0.154. The van der Waals surface area contributed by atoms with Gasteiger partial charge in [-0.3, -0.25) is 0 Å². The first-order chi connectivity index (χ1) is 8.15. The highest BCUT2D eigenvalue weighted by Gasteiger charge is 1.99. The number of aromatic hydroxyl groups is 1. The van der Waals surface area contributed by atoms with Crippen molar-refractivity contribution in [2.75, 3.05) is 0 Å². The Bertz CT molecular complexity index is 545. The van der Waals surface area contributed by atoms with E-state index < -0.39 is 0 Å². The Kier molecular flexibility index (Phi) is 3.19. The van der Waals surface area contributed by atoms with Gasteiger partial charge in [-0.25, -0.2) is 0 Å². The van der Waals surface area contributed by atoms with E-state index in [-0.39, 0.29) is 5.75 Å². The van der Waals surface area contributed by atoms with Crippen molar-refractivity contribution in [2.24, 2.45) is 10.2 Å². The molecule has 0 saturated carbocycles. The number of hydrogen-bond acceptors (Lipinski definition) is 3. The van der Waals surface area contributed by atoms with E-state index in [0.29, 0.717) is 5.69 Å². The fraction of sp³-hybridized carbons (Fsp3) is 0.143. The lowest BCUT2D eigenvalue weighted by atomic mass is 10.2. The van der Waals surface area contributed by atoms with Crippen molar-refractivity contribution in [2.45, 2.75) is 13.8 Å². The van der Waals surface area contributed by atoms with Crippen LogP contribution in [-0.2, 0) is 0 Å². The number of azo groups is 1. The second kappa shape index (κ2) is 4.78. The number of rotatable bonds is 2. The van der Waals surface area contributed by atoms with Crippen LogP contribution in [0.5, 0.6) is 5.75 Å². The molecular formula is C14H14N2O. The van der Waals surface area contributed by atoms with Crippen molar-refractivity contribution >= 4 is 11.4 Å². The topological polar surface area (TPSA) is 45.0 Å². The highest BCUT2D eigenvalue weighted by atomic mass is 16.3. The zero-order chi connectivity index (χ0) is 12.3. The van der Waals surface area contributed by atoms with E-state index in [2.05, 4.69) is 10.2 Å². The molecule has 86 valence electrons. The smallest absolute Gasteiger partial charge is 0.143 e. The quantitative estimate of drug-likeness (QED) is 0.756. The van der Waals surface area contributed by atoms with Gasteiger partial charge in [0.15, 0.2) is 0 Å². The summed E-state index contributed by atoms with van der Waals surface area (Å²) in [6.45, 7) is 3.94. The molecule has 0 aromatic heterocycles. The third kappa shape index (κ3) is 2.91. The number of nitrogens with zero attached hydrogens (tertiary/aromatic N) is 2. The van der Waals surface area contributed by atoms with Gasteiger partial charge >= 0.3 is 0 Å². The van der Waals surface area contributed by atoms with Gasteiger partial charge < -0.3 is 5.11 Å². The Morgan fingerprint density at radius 3 is 2.12 bits per heavy atom. The summed E-state index contributed by atoms with van der Waals surface area (Å²) >= 11 is 0. The van der Waals surface area contributed by atoms with E-state index in [0.717, 1.165) is 11.3 Å². The third-order valence-corrected chi connectivity index (χ3v) is 2.44. The lowest BCUT2D eigenvalue weighted by Crippen LogP contribution is -1.72. The van der Waals surface area contributed by atoms with Crippen LogP contribution in [0.15, 0.2) is 52.7 Å². The van der Waals surface area contributed by atoms with Crippen molar-refractivity contribution in [1.82, 2.24) is 0 Å². The monoisotopic (exact) mass is 226 g/mol. The van der Waals surface area contributed by atoms with E-state index in [1.54, 1.807) is 12.1 Å². The number of phenolic OH excluding ortho intramolecular Hbond substituents is 1. The summed E-state index contributed by atoms with van der Waals surface area (Å²) in [5.41, 5.74) is 3.44. The zero-order valence-electron chi connectivity index (χ0n) is 9.88. The van der Waals surface area contributed by atoms with Crippen LogP contribution in [0.3, 0.4) is 0 Å². The number of hydrogen-bond donors (Lipinski definition) is 1. The van der Waals surface area contributed by atoms with Crippen molar-refractivity contribution < 1.29 is 5.11 Å². The lowest BCUT2D eigenvalue weighted by molar-refractivity contribution is 0.476. The molecule has 17 heavy (non-hydrogen) atoms. The minimum absolute atomic E-state index is 0.154. The third-order valence-electron chi connectivity index (χ3n) is 2.44. The Morgan fingerprint density at radius 1 is 0.824 bits per heavy atom. The molecule has 0 aliphatic carbocycles. The zero-order valence-corrected chi connectivity index (χ0v) is 9.88. The van der Waals surface area contributed by atoms with Crippen molar-refractivity contribution in [3.63, 3.8) is 0 Å². The normalized spacial score (nSPS) is 10.9. The molecule has 2 aromatic carbocycles. The summed E-state index contributed by atoms with van der Waals surface area (Å²) in [6, 6.07) is 13.1. The second-order valence-electron chi connectivity index (χ2n) is 4.03. The number of benzene rings is 2. The minimum Gasteiger partial charge on any atom is -0.506 e. The summed E-state index contributed by atoms with van der Waals surface area (Å²) in [5.74, 6) is 0.154. The van der Waals surface area contributed by atoms with Gasteiger partial charge in [-0.2, -0.15) is 5.11 Å². The Balaban J connectivity index is 2.23. The van der Waals surface area contributed by atoms with Crippen LogP contribution >= 0.6 is 0 Å². The lowest BCUT2D eigenvalue weighted by Gasteiger charge is -1.99. The molecule has 0 bridgehead atoms. The predicted octanol–water partition coefficient (Wildman–Crippen LogP) is 4.42. The first-order valence-electron chi connectivity index (χ1n) is 5.43. The van der Waals surface area contributed by atoms with Gasteiger partial charge in [-0.1, -0.05) is 23.8 Å². The van der Waals surface area contributed by atoms with E-state index in [4.69, 9.17) is 0 Å². The Labute approximate surface area is 100 Å². The summed E-state index contributed by atoms with van der Waals surface area (Å²) < 4.78 is 0. The molecule has 0 fully saturated rings. The molecular weight excluding hydrogens is 212 g/mol. The van der Waals surface area contributed by atoms with Gasteiger partial charge in [0.1, 0.15) is 11.4 Å². The first kappa shape index (κ1) is 11.3. The van der Waals surface area contributed by atoms with Crippen LogP contribution < -0.4 is 0 Å². The highest BCUT2D eigenvalue weighted by Crippen LogP contribution is 2.28. The molecule has 0 saturated heterocycles. The maximum absolute atomic E-state index is 9.66. The maximum Gasteiger partial charge on any atom is 0.143 e. The van der Waals surface area contributed by atoms with Gasteiger partial charge in [-0.15, -0.1) is 5.11 Å². The molecule has 1 N–H and O–H groups in total. The standard InChI is InChI=1S/C14H14N2O/c1-10-3-6-12(7-4-10)15-16-13-8-5-11(2)9-14(13)17/h3-9,17H,1-2H3. The van der Waals surface area contributed by atoms with Gasteiger partial charge in [0.2, 0.25) is 0 Å². The fourth-order valence-electron chi connectivity index (χ4n) is 1.44. The first-order valence-corrected chi connectivity index (χ1v) is 5.43. The molecule has 0 unspecified atom stereocenters. The van der Waals surface area contributed by atoms with Crippen LogP contribution in [0.25, 0.3) is 0 Å². The number of aryl methyl sites for hydroxylation is 2. The molecule has 0 atom stereocenters. The van der Waals surface area contributed by atoms with E-state index in [9.17, 15) is 5.11 Å². The SMILES string of the molecule is Cc1ccc(N=Nc2ccc(C)cc2O)cc1. The van der Waals surface area contributed by atoms with Crippen LogP contribution in [0, 0.1) is 13.8 Å². The largest absolute Gasteiger partial charge is 0.506 e. The molecule has 3 heteroatoms. The molecule has 0 aliphatic rings. The average molecular weight is 226 g/mol. The molecule has 2 rings (SSSR count). The predicted molar refractivity (Wildman–Crippen MR) is 68.2 cm³/mol. The summed E-state index contributed by atoms with van der Waals surface area (Å²) in [4.78, 5) is 0. The fourth-order valence-corrected chi connectivity index (χ4v) is 1.44. The molecule has 0 radical (unpaired) electrons. The maximum atomic E-state index is 9.66. The van der Waals surface area contributed by atoms with Crippen LogP contribution in [-0.4, -0.2) is 5.11 Å². The number of phenols is 1. The Hall–Kier alpha value is -2.16. The molecule has 3 nitrogen and oxygen atoms in total. The molecule has 0 amide bonds. The second-order valence-corrected chi connectivity index (χ2v) is 4.03. The van der Waals surface area contributed by atoms with Crippen LogP contribution in [0.2, 0.25) is 0 Å². The van der Waals surface area contributed by atoms with Gasteiger partial charge in [0.05, 0.1) is 5.69 Å². The Morgan fingerprint density at radius 2 is 1.47 bits per heavy atom. The van der Waals surface area contributed by atoms with Gasteiger partial charge in [0, 0.05) is 0 Å². The molecule has 0 aliphatic heterocycles. The van der Waals surface area contributed by atoms with E-state index in [1.807, 2.05) is 44.2 Å². The summed E-state index contributed by atoms with van der Waals surface area (Å²) in [6.07, 6.45) is 0. The van der Waals surface area contributed by atoms with Crippen LogP contribution in [0.4, 0.5) is 11.4 Å². The summed E-state index contributed by atoms with van der Waals surface area (Å²) in [5, 5.41) is 17.8. The average Bonchev–Trinajstić information content (AvgIpc) is 2.30. The molecule has 0 heterocycles. The highest BCUT2D eigenvalue weighted by molar-refractivity contribution is 5.52.